The molecule has 0 aromatic rings. The first-order chi connectivity index (χ1) is 10.7. The molecule has 0 radical (unpaired) electrons. The third-order valence-corrected chi connectivity index (χ3v) is 6.34. The highest BCUT2D eigenvalue weighted by Gasteiger charge is 2.37. The molecule has 2 aliphatic rings. The van der Waals surface area contributed by atoms with Crippen LogP contribution in [0.25, 0.3) is 0 Å². The third kappa shape index (κ3) is 5.25. The molecule has 0 aromatic carbocycles. The highest BCUT2D eigenvalue weighted by atomic mass is 15.2. The van der Waals surface area contributed by atoms with Gasteiger partial charge >= 0.3 is 0 Å². The first kappa shape index (κ1) is 18.3. The van der Waals surface area contributed by atoms with Crippen LogP contribution in [0.1, 0.15) is 104 Å². The Hall–Kier alpha value is -0.0400. The van der Waals surface area contributed by atoms with Gasteiger partial charge in [-0.25, -0.2) is 0 Å². The van der Waals surface area contributed by atoms with Crippen LogP contribution in [0.5, 0.6) is 0 Å². The molecule has 2 fully saturated rings. The molecule has 1 nitrogen and oxygen atoms in total. The van der Waals surface area contributed by atoms with E-state index in [0.717, 1.165) is 23.9 Å². The summed E-state index contributed by atoms with van der Waals surface area (Å²) in [6.45, 7) is 8.63. The fourth-order valence-corrected chi connectivity index (χ4v) is 5.09. The maximum Gasteiger partial charge on any atom is 0.0127 e. The van der Waals surface area contributed by atoms with Crippen LogP contribution in [0.15, 0.2) is 0 Å². The van der Waals surface area contributed by atoms with Crippen molar-refractivity contribution in [2.45, 2.75) is 116 Å². The zero-order chi connectivity index (χ0) is 15.8. The van der Waals surface area contributed by atoms with Gasteiger partial charge in [-0.15, -0.1) is 0 Å². The van der Waals surface area contributed by atoms with E-state index >= 15 is 0 Å². The summed E-state index contributed by atoms with van der Waals surface area (Å²) in [7, 11) is 0. The van der Waals surface area contributed by atoms with Gasteiger partial charge in [-0.3, -0.25) is 4.90 Å². The van der Waals surface area contributed by atoms with Crippen molar-refractivity contribution < 1.29 is 0 Å². The van der Waals surface area contributed by atoms with Crippen molar-refractivity contribution in [3.05, 3.63) is 0 Å². The summed E-state index contributed by atoms with van der Waals surface area (Å²) in [6.07, 6.45) is 19.1. The Kier molecular flexibility index (Phi) is 8.28. The van der Waals surface area contributed by atoms with Gasteiger partial charge in [-0.1, -0.05) is 72.1 Å². The van der Waals surface area contributed by atoms with Crippen LogP contribution in [-0.2, 0) is 0 Å². The van der Waals surface area contributed by atoms with Gasteiger partial charge in [0.2, 0.25) is 0 Å². The molecular formula is C21H41N. The molecule has 0 bridgehead atoms. The molecule has 1 saturated carbocycles. The first-order valence-corrected chi connectivity index (χ1v) is 10.5. The maximum atomic E-state index is 2.98. The molecule has 0 aromatic heterocycles. The lowest BCUT2D eigenvalue weighted by molar-refractivity contribution is 0.00588. The summed E-state index contributed by atoms with van der Waals surface area (Å²) in [5, 5.41) is 0. The molecule has 22 heavy (non-hydrogen) atoms. The zero-order valence-electron chi connectivity index (χ0n) is 15.7. The van der Waals surface area contributed by atoms with E-state index in [9.17, 15) is 0 Å². The molecule has 3 atom stereocenters. The van der Waals surface area contributed by atoms with Gasteiger partial charge in [0.25, 0.3) is 0 Å². The Morgan fingerprint density at radius 3 is 2.32 bits per heavy atom. The van der Waals surface area contributed by atoms with Crippen molar-refractivity contribution in [2.24, 2.45) is 11.8 Å². The van der Waals surface area contributed by atoms with Crippen molar-refractivity contribution in [3.63, 3.8) is 0 Å². The number of likely N-dealkylation sites (tertiary alicyclic amines) is 1. The summed E-state index contributed by atoms with van der Waals surface area (Å²) in [5.41, 5.74) is 0. The highest BCUT2D eigenvalue weighted by Crippen LogP contribution is 2.38. The van der Waals surface area contributed by atoms with Crippen molar-refractivity contribution in [2.75, 3.05) is 6.54 Å². The van der Waals surface area contributed by atoms with Gasteiger partial charge in [0.1, 0.15) is 0 Å². The van der Waals surface area contributed by atoms with Crippen molar-refractivity contribution in [1.82, 2.24) is 4.90 Å². The predicted octanol–water partition coefficient (Wildman–Crippen LogP) is 6.42. The minimum atomic E-state index is 0.830. The molecule has 2 rings (SSSR count). The molecule has 1 aliphatic carbocycles. The van der Waals surface area contributed by atoms with Crippen LogP contribution < -0.4 is 0 Å². The van der Waals surface area contributed by atoms with E-state index in [4.69, 9.17) is 0 Å². The smallest absolute Gasteiger partial charge is 0.0127 e. The molecule has 130 valence electrons. The summed E-state index contributed by atoms with van der Waals surface area (Å²) < 4.78 is 0. The highest BCUT2D eigenvalue weighted by molar-refractivity contribution is 4.91. The Morgan fingerprint density at radius 2 is 1.55 bits per heavy atom. The van der Waals surface area contributed by atoms with Crippen LogP contribution in [0.3, 0.4) is 0 Å². The van der Waals surface area contributed by atoms with Crippen molar-refractivity contribution in [3.8, 4) is 0 Å². The van der Waals surface area contributed by atoms with E-state index < -0.39 is 0 Å². The first-order valence-electron chi connectivity index (χ1n) is 10.5. The summed E-state index contributed by atoms with van der Waals surface area (Å²) in [4.78, 5) is 2.98. The number of hydrogen-bond donors (Lipinski definition) is 0. The molecule has 1 aliphatic heterocycles. The number of nitrogens with zero attached hydrogens (tertiary/aromatic N) is 1. The quantitative estimate of drug-likeness (QED) is 0.444. The van der Waals surface area contributed by atoms with Gasteiger partial charge in [-0.2, -0.15) is 0 Å². The minimum Gasteiger partial charge on any atom is -0.297 e. The SMILES string of the molecule is CCCCCCCCC(C(C)C)N1CCCC2CCCCC21. The van der Waals surface area contributed by atoms with E-state index in [0.29, 0.717) is 0 Å². The number of unbranched alkanes of at least 4 members (excludes halogenated alkanes) is 5. The molecule has 3 unspecified atom stereocenters. The van der Waals surface area contributed by atoms with E-state index in [-0.39, 0.29) is 0 Å². The average molecular weight is 308 g/mol. The van der Waals surface area contributed by atoms with Crippen LogP contribution in [0.4, 0.5) is 0 Å². The second-order valence-corrected chi connectivity index (χ2v) is 8.36. The summed E-state index contributed by atoms with van der Waals surface area (Å²) >= 11 is 0. The second-order valence-electron chi connectivity index (χ2n) is 8.36. The Bertz CT molecular complexity index is 284. The van der Waals surface area contributed by atoms with Crippen molar-refractivity contribution >= 4 is 0 Å². The lowest BCUT2D eigenvalue weighted by Crippen LogP contribution is -2.53. The number of hydrogen-bond acceptors (Lipinski definition) is 1. The van der Waals surface area contributed by atoms with E-state index in [1.807, 2.05) is 0 Å². The van der Waals surface area contributed by atoms with Crippen LogP contribution in [-0.4, -0.2) is 23.5 Å². The van der Waals surface area contributed by atoms with Gasteiger partial charge < -0.3 is 0 Å². The average Bonchev–Trinajstić information content (AvgIpc) is 2.53. The van der Waals surface area contributed by atoms with E-state index in [1.54, 1.807) is 0 Å². The van der Waals surface area contributed by atoms with E-state index in [1.165, 1.54) is 90.0 Å². The maximum absolute atomic E-state index is 2.98. The standard InChI is InChI=1S/C21H41N/c1-4-5-6-7-8-9-15-20(18(2)3)22-17-12-14-19-13-10-11-16-21(19)22/h18-21H,4-17H2,1-3H3. The van der Waals surface area contributed by atoms with Gasteiger partial charge in [0.15, 0.2) is 0 Å². The Balaban J connectivity index is 1.81. The molecule has 1 saturated heterocycles. The lowest BCUT2D eigenvalue weighted by Gasteiger charge is -2.49. The zero-order valence-corrected chi connectivity index (χ0v) is 15.7. The van der Waals surface area contributed by atoms with Gasteiger partial charge in [0, 0.05) is 12.1 Å². The summed E-state index contributed by atoms with van der Waals surface area (Å²) in [6, 6.07) is 1.80. The molecule has 1 heteroatoms. The fourth-order valence-electron chi connectivity index (χ4n) is 5.09. The Labute approximate surface area is 140 Å². The largest absolute Gasteiger partial charge is 0.297 e. The van der Waals surface area contributed by atoms with Crippen molar-refractivity contribution in [1.29, 1.82) is 0 Å². The number of rotatable bonds is 9. The monoisotopic (exact) mass is 307 g/mol. The molecule has 0 spiro atoms. The molecule has 0 N–H and O–H groups in total. The normalized spacial score (nSPS) is 27.8. The fraction of sp³-hybridized carbons (Fsp3) is 1.00. The minimum absolute atomic E-state index is 0.830. The lowest BCUT2D eigenvalue weighted by atomic mass is 9.76. The topological polar surface area (TPSA) is 3.24 Å². The Morgan fingerprint density at radius 1 is 0.864 bits per heavy atom. The van der Waals surface area contributed by atoms with E-state index in [2.05, 4.69) is 25.7 Å². The molecule has 1 heterocycles. The predicted molar refractivity (Wildman–Crippen MR) is 98.3 cm³/mol. The van der Waals surface area contributed by atoms with Gasteiger partial charge in [-0.05, 0) is 50.5 Å². The molecule has 0 amide bonds. The second kappa shape index (κ2) is 9.96. The number of fused-ring (bicyclic) bond motifs is 1. The van der Waals surface area contributed by atoms with Gasteiger partial charge in [0.05, 0.1) is 0 Å². The third-order valence-electron chi connectivity index (χ3n) is 6.34. The number of piperidine rings is 1. The summed E-state index contributed by atoms with van der Waals surface area (Å²) in [5.74, 6) is 1.87. The van der Waals surface area contributed by atoms with Crippen LogP contribution in [0, 0.1) is 11.8 Å². The van der Waals surface area contributed by atoms with Crippen LogP contribution >= 0.6 is 0 Å². The van der Waals surface area contributed by atoms with Crippen LogP contribution in [0.2, 0.25) is 0 Å². The molecular weight excluding hydrogens is 266 g/mol.